The number of Topliss-reactive ketones (excluding diaryl/α,β-unsaturated/α-hetero) is 2. The summed E-state index contributed by atoms with van der Waals surface area (Å²) in [5, 5.41) is 46.2. The molecule has 3 aliphatic rings. The molecule has 0 radical (unpaired) electrons. The Morgan fingerprint density at radius 1 is 1.13 bits per heavy atom. The molecule has 2 aromatic rings. The summed E-state index contributed by atoms with van der Waals surface area (Å²) in [5.74, 6) is -7.13. The fourth-order valence-corrected chi connectivity index (χ4v) is 5.98. The first kappa shape index (κ1) is 26.1. The van der Waals surface area contributed by atoms with E-state index in [1.807, 2.05) is 0 Å². The van der Waals surface area contributed by atoms with Gasteiger partial charge in [-0.1, -0.05) is 18.2 Å². The number of allylic oxidation sites excluding steroid dienone is 2. The van der Waals surface area contributed by atoms with Gasteiger partial charge in [-0.25, -0.2) is 0 Å². The molecule has 0 fully saturated rings. The summed E-state index contributed by atoms with van der Waals surface area (Å²) in [6.07, 6.45) is -0.102. The second-order valence-electron chi connectivity index (χ2n) is 9.96. The molecule has 39 heavy (non-hydrogen) atoms. The largest absolute Gasteiger partial charge is 0.511 e. The summed E-state index contributed by atoms with van der Waals surface area (Å²) >= 11 is 0. The Labute approximate surface area is 222 Å². The molecule has 0 unspecified atom stereocenters. The second kappa shape index (κ2) is 9.37. The Morgan fingerprint density at radius 2 is 1.87 bits per heavy atom. The first-order chi connectivity index (χ1) is 18.5. The van der Waals surface area contributed by atoms with Crippen molar-refractivity contribution >= 4 is 29.1 Å². The number of hydrogen-bond acceptors (Lipinski definition) is 9. The van der Waals surface area contributed by atoms with Crippen LogP contribution in [0.3, 0.4) is 0 Å². The number of carbonyl (C=O) groups is 4. The Balaban J connectivity index is 1.60. The van der Waals surface area contributed by atoms with Crippen LogP contribution >= 0.6 is 0 Å². The topological polar surface area (TPSA) is 196 Å². The molecule has 0 heterocycles. The van der Waals surface area contributed by atoms with Crippen LogP contribution in [0.25, 0.3) is 11.1 Å². The first-order valence-electron chi connectivity index (χ1n) is 12.2. The van der Waals surface area contributed by atoms with E-state index >= 15 is 0 Å². The minimum absolute atomic E-state index is 0.0329. The number of methoxy groups -OCH3 is 1. The standard InChI is InChI=1S/C28H26N2O9/c1-39-11-20(33)30-15-4-2-3-12(8-15)16-5-6-18(31)22-17(16)9-13-7-14-10-19(32)23(27(29)37)26(36)28(14,38)25(35)21(13)24(22)34/h2-6,8,13-14,31-32,35,38H,7,9-11H2,1H3,(H2,29,37)(H,30,33)/t13-,14+,28+/m1/s1. The number of benzene rings is 2. The molecule has 11 nitrogen and oxygen atoms in total. The minimum Gasteiger partial charge on any atom is -0.511 e. The number of phenolic OH excluding ortho intramolecular Hbond substituents is 1. The van der Waals surface area contributed by atoms with Gasteiger partial charge < -0.3 is 36.2 Å². The van der Waals surface area contributed by atoms with Crippen LogP contribution in [-0.4, -0.2) is 63.1 Å². The number of ketones is 2. The maximum absolute atomic E-state index is 13.7. The third-order valence-electron chi connectivity index (χ3n) is 7.68. The Kier molecular flexibility index (Phi) is 6.28. The number of primary amides is 1. The van der Waals surface area contributed by atoms with Crippen LogP contribution in [0.2, 0.25) is 0 Å². The molecule has 5 rings (SSSR count). The van der Waals surface area contributed by atoms with Gasteiger partial charge in [-0.05, 0) is 53.6 Å². The number of ether oxygens (including phenoxy) is 1. The second-order valence-corrected chi connectivity index (χ2v) is 9.96. The van der Waals surface area contributed by atoms with Crippen molar-refractivity contribution in [2.24, 2.45) is 17.6 Å². The molecule has 0 spiro atoms. The number of amides is 2. The number of phenols is 1. The Morgan fingerprint density at radius 3 is 2.56 bits per heavy atom. The van der Waals surface area contributed by atoms with Crippen LogP contribution in [0.5, 0.6) is 5.75 Å². The predicted octanol–water partition coefficient (Wildman–Crippen LogP) is 1.83. The van der Waals surface area contributed by atoms with Gasteiger partial charge in [-0.2, -0.15) is 0 Å². The lowest BCUT2D eigenvalue weighted by atomic mass is 9.60. The van der Waals surface area contributed by atoms with Crippen LogP contribution in [0, 0.1) is 11.8 Å². The van der Waals surface area contributed by atoms with Gasteiger partial charge in [0.25, 0.3) is 5.91 Å². The first-order valence-corrected chi connectivity index (χ1v) is 12.2. The fraction of sp³-hybridized carbons (Fsp3) is 0.286. The molecule has 3 atom stereocenters. The number of aliphatic hydroxyl groups excluding tert-OH is 2. The van der Waals surface area contributed by atoms with Gasteiger partial charge in [-0.3, -0.25) is 19.2 Å². The number of fused-ring (bicyclic) bond motifs is 3. The predicted molar refractivity (Wildman–Crippen MR) is 137 cm³/mol. The number of aromatic hydroxyl groups is 1. The zero-order valence-electron chi connectivity index (χ0n) is 20.9. The van der Waals surface area contributed by atoms with E-state index in [4.69, 9.17) is 10.5 Å². The van der Waals surface area contributed by atoms with Crippen molar-refractivity contribution in [2.75, 3.05) is 19.0 Å². The summed E-state index contributed by atoms with van der Waals surface area (Å²) < 4.78 is 4.84. The number of aliphatic hydroxyl groups is 3. The zero-order chi connectivity index (χ0) is 28.2. The van der Waals surface area contributed by atoms with Crippen LogP contribution in [0.15, 0.2) is 59.1 Å². The molecule has 7 N–H and O–H groups in total. The normalized spacial score (nSPS) is 24.2. The molecule has 11 heteroatoms. The molecule has 0 aromatic heterocycles. The molecule has 0 saturated carbocycles. The molecule has 0 saturated heterocycles. The summed E-state index contributed by atoms with van der Waals surface area (Å²) in [6, 6.07) is 9.87. The minimum atomic E-state index is -2.61. The lowest BCUT2D eigenvalue weighted by molar-refractivity contribution is -0.144. The smallest absolute Gasteiger partial charge is 0.255 e. The van der Waals surface area contributed by atoms with E-state index < -0.39 is 52.0 Å². The van der Waals surface area contributed by atoms with Crippen molar-refractivity contribution in [1.29, 1.82) is 0 Å². The fourth-order valence-electron chi connectivity index (χ4n) is 5.98. The van der Waals surface area contributed by atoms with Gasteiger partial charge in [-0.15, -0.1) is 0 Å². The van der Waals surface area contributed by atoms with Gasteiger partial charge in [0.1, 0.15) is 29.4 Å². The van der Waals surface area contributed by atoms with E-state index in [-0.39, 0.29) is 48.7 Å². The van der Waals surface area contributed by atoms with Crippen molar-refractivity contribution in [3.05, 3.63) is 70.2 Å². The van der Waals surface area contributed by atoms with Crippen molar-refractivity contribution in [3.63, 3.8) is 0 Å². The van der Waals surface area contributed by atoms with E-state index in [2.05, 4.69) is 5.32 Å². The van der Waals surface area contributed by atoms with Crippen molar-refractivity contribution in [3.8, 4) is 16.9 Å². The Hall–Kier alpha value is -4.48. The number of nitrogens with one attached hydrogen (secondary N) is 1. The molecular formula is C28H26N2O9. The lowest BCUT2D eigenvalue weighted by Gasteiger charge is -2.45. The zero-order valence-corrected chi connectivity index (χ0v) is 20.9. The highest BCUT2D eigenvalue weighted by Crippen LogP contribution is 2.52. The van der Waals surface area contributed by atoms with Crippen molar-refractivity contribution in [1.82, 2.24) is 0 Å². The van der Waals surface area contributed by atoms with Gasteiger partial charge in [0.2, 0.25) is 11.7 Å². The van der Waals surface area contributed by atoms with Gasteiger partial charge in [0, 0.05) is 30.7 Å². The molecule has 202 valence electrons. The van der Waals surface area contributed by atoms with Crippen LogP contribution in [0.1, 0.15) is 28.8 Å². The molecule has 0 aliphatic heterocycles. The maximum atomic E-state index is 13.7. The van der Waals surface area contributed by atoms with Crippen molar-refractivity contribution < 1.29 is 44.3 Å². The monoisotopic (exact) mass is 534 g/mol. The van der Waals surface area contributed by atoms with Crippen LogP contribution in [0.4, 0.5) is 5.69 Å². The highest BCUT2D eigenvalue weighted by Gasteiger charge is 2.59. The summed E-state index contributed by atoms with van der Waals surface area (Å²) in [4.78, 5) is 50.6. The highest BCUT2D eigenvalue weighted by molar-refractivity contribution is 6.24. The van der Waals surface area contributed by atoms with E-state index in [0.717, 1.165) is 0 Å². The third-order valence-corrected chi connectivity index (χ3v) is 7.68. The van der Waals surface area contributed by atoms with Crippen LogP contribution < -0.4 is 11.1 Å². The molecular weight excluding hydrogens is 508 g/mol. The van der Waals surface area contributed by atoms with E-state index in [9.17, 15) is 39.6 Å². The molecule has 2 amide bonds. The maximum Gasteiger partial charge on any atom is 0.255 e. The number of anilines is 1. The number of carbonyl (C=O) groups excluding carboxylic acids is 4. The summed E-state index contributed by atoms with van der Waals surface area (Å²) in [7, 11) is 1.40. The molecule has 3 aliphatic carbocycles. The third kappa shape index (κ3) is 3.98. The van der Waals surface area contributed by atoms with Gasteiger partial charge >= 0.3 is 0 Å². The van der Waals surface area contributed by atoms with E-state index in [1.54, 1.807) is 30.3 Å². The SMILES string of the molecule is COCC(=O)Nc1cccc(-c2ccc(O)c3c2C[C@H]2C[C@H]4CC(O)=C(C(N)=O)C(=O)[C@@]4(O)C(O)=C2C3=O)c1. The number of rotatable bonds is 5. The lowest BCUT2D eigenvalue weighted by Crippen LogP contribution is -2.57. The van der Waals surface area contributed by atoms with E-state index in [0.29, 0.717) is 22.4 Å². The van der Waals surface area contributed by atoms with Gasteiger partial charge in [0.05, 0.1) is 5.56 Å². The molecule has 0 bridgehead atoms. The van der Waals surface area contributed by atoms with E-state index in [1.165, 1.54) is 13.2 Å². The average Bonchev–Trinajstić information content (AvgIpc) is 2.86. The Bertz CT molecular complexity index is 1520. The van der Waals surface area contributed by atoms with Crippen molar-refractivity contribution in [2.45, 2.75) is 24.9 Å². The van der Waals surface area contributed by atoms with Crippen LogP contribution in [-0.2, 0) is 25.5 Å². The van der Waals surface area contributed by atoms with Gasteiger partial charge in [0.15, 0.2) is 11.4 Å². The number of hydrogen-bond donors (Lipinski definition) is 6. The summed E-state index contributed by atoms with van der Waals surface area (Å²) in [5.41, 5.74) is 3.73. The summed E-state index contributed by atoms with van der Waals surface area (Å²) in [6.45, 7) is -0.130. The highest BCUT2D eigenvalue weighted by atomic mass is 16.5. The number of nitrogens with two attached hydrogens (primary N) is 1. The molecule has 2 aromatic carbocycles. The quantitative estimate of drug-likeness (QED) is 0.310. The average molecular weight is 535 g/mol.